The fourth-order valence-corrected chi connectivity index (χ4v) is 3.95. The molecule has 4 rings (SSSR count). The van der Waals surface area contributed by atoms with Gasteiger partial charge < -0.3 is 14.2 Å². The van der Waals surface area contributed by atoms with E-state index < -0.39 is 0 Å². The van der Waals surface area contributed by atoms with E-state index in [-0.39, 0.29) is 5.97 Å². The number of nitrogens with zero attached hydrogens (tertiary/aromatic N) is 2. The van der Waals surface area contributed by atoms with Crippen molar-refractivity contribution in [3.05, 3.63) is 88.9 Å². The number of aromatic nitrogens is 2. The third kappa shape index (κ3) is 4.71. The highest BCUT2D eigenvalue weighted by atomic mass is 35.5. The van der Waals surface area contributed by atoms with Crippen LogP contribution in [0.2, 0.25) is 5.02 Å². The Morgan fingerprint density at radius 3 is 2.06 bits per heavy atom. The Hall–Kier alpha value is -3.77. The smallest absolute Gasteiger partial charge is 0.337 e. The first-order valence-electron chi connectivity index (χ1n) is 10.3. The van der Waals surface area contributed by atoms with Gasteiger partial charge in [0.1, 0.15) is 17.2 Å². The molecule has 0 unspecified atom stereocenters. The largest absolute Gasteiger partial charge is 0.497 e. The molecule has 1 aromatic heterocycles. The summed E-state index contributed by atoms with van der Waals surface area (Å²) >= 11 is 6.90. The summed E-state index contributed by atoms with van der Waals surface area (Å²) in [5.74, 6) is 1.12. The molecule has 0 radical (unpaired) electrons. The number of ether oxygens (including phenoxy) is 3. The lowest BCUT2D eigenvalue weighted by Gasteiger charge is -2.10. The van der Waals surface area contributed by atoms with Crippen molar-refractivity contribution in [1.29, 1.82) is 0 Å². The van der Waals surface area contributed by atoms with Crippen LogP contribution < -0.4 is 9.47 Å². The quantitative estimate of drug-likeness (QED) is 0.328. The van der Waals surface area contributed by atoms with Gasteiger partial charge in [0, 0.05) is 11.1 Å². The standard InChI is InChI=1S/C26H23ClN2O4/c1-31-21-11-7-18(8-12-21)24-23(27)25(19-9-13-22(32-2)14-10-19)29(28-24)16-17-5-4-6-20(15-17)26(30)33-3/h4-15H,16H2,1-3H3. The third-order valence-electron chi connectivity index (χ3n) is 5.30. The molecule has 3 aromatic carbocycles. The average Bonchev–Trinajstić information content (AvgIpc) is 3.19. The highest BCUT2D eigenvalue weighted by molar-refractivity contribution is 6.35. The zero-order chi connectivity index (χ0) is 23.4. The van der Waals surface area contributed by atoms with Gasteiger partial charge in [0.05, 0.1) is 44.2 Å². The van der Waals surface area contributed by atoms with E-state index in [1.165, 1.54) is 7.11 Å². The molecule has 6 nitrogen and oxygen atoms in total. The highest BCUT2D eigenvalue weighted by Crippen LogP contribution is 2.37. The Morgan fingerprint density at radius 2 is 1.48 bits per heavy atom. The first-order valence-corrected chi connectivity index (χ1v) is 10.6. The van der Waals surface area contributed by atoms with Crippen molar-refractivity contribution in [3.8, 4) is 34.0 Å². The maximum absolute atomic E-state index is 12.0. The van der Waals surface area contributed by atoms with Gasteiger partial charge in [-0.3, -0.25) is 4.68 Å². The van der Waals surface area contributed by atoms with E-state index in [1.807, 2.05) is 65.3 Å². The molecule has 0 N–H and O–H groups in total. The van der Waals surface area contributed by atoms with Gasteiger partial charge in [0.15, 0.2) is 0 Å². The fourth-order valence-electron chi connectivity index (χ4n) is 3.60. The molecule has 0 amide bonds. The van der Waals surface area contributed by atoms with Crippen molar-refractivity contribution < 1.29 is 19.0 Å². The number of hydrogen-bond donors (Lipinski definition) is 0. The van der Waals surface area contributed by atoms with Crippen LogP contribution in [-0.4, -0.2) is 37.1 Å². The van der Waals surface area contributed by atoms with Crippen LogP contribution in [0.5, 0.6) is 11.5 Å². The van der Waals surface area contributed by atoms with Gasteiger partial charge in [-0.05, 0) is 66.2 Å². The SMILES string of the molecule is COC(=O)c1cccc(Cn2nc(-c3ccc(OC)cc3)c(Cl)c2-c2ccc(OC)cc2)c1. The van der Waals surface area contributed by atoms with Gasteiger partial charge in [-0.25, -0.2) is 4.79 Å². The molecule has 0 atom stereocenters. The lowest BCUT2D eigenvalue weighted by Crippen LogP contribution is -2.06. The van der Waals surface area contributed by atoms with Crippen LogP contribution in [0, 0.1) is 0 Å². The van der Waals surface area contributed by atoms with Gasteiger partial charge in [-0.1, -0.05) is 23.7 Å². The number of methoxy groups -OCH3 is 3. The summed E-state index contributed by atoms with van der Waals surface area (Å²) in [6, 6.07) is 22.5. The number of rotatable bonds is 7. The molecule has 0 aliphatic rings. The van der Waals surface area contributed by atoms with Gasteiger partial charge in [-0.15, -0.1) is 0 Å². The van der Waals surface area contributed by atoms with E-state index in [4.69, 9.17) is 30.9 Å². The van der Waals surface area contributed by atoms with Crippen molar-refractivity contribution in [2.45, 2.75) is 6.54 Å². The van der Waals surface area contributed by atoms with Crippen molar-refractivity contribution in [3.63, 3.8) is 0 Å². The Bertz CT molecular complexity index is 1260. The molecule has 0 bridgehead atoms. The minimum atomic E-state index is -0.385. The van der Waals surface area contributed by atoms with Crippen LogP contribution in [0.15, 0.2) is 72.8 Å². The Kier molecular flexibility index (Phi) is 6.66. The lowest BCUT2D eigenvalue weighted by molar-refractivity contribution is 0.0600. The number of carbonyl (C=O) groups is 1. The van der Waals surface area contributed by atoms with E-state index in [1.54, 1.807) is 26.4 Å². The van der Waals surface area contributed by atoms with Gasteiger partial charge in [0.2, 0.25) is 0 Å². The molecule has 0 spiro atoms. The molecular formula is C26H23ClN2O4. The maximum atomic E-state index is 12.0. The normalized spacial score (nSPS) is 10.7. The summed E-state index contributed by atoms with van der Waals surface area (Å²) in [7, 11) is 4.62. The van der Waals surface area contributed by atoms with E-state index in [0.29, 0.717) is 22.8 Å². The molecule has 0 saturated heterocycles. The van der Waals surface area contributed by atoms with Crippen LogP contribution in [0.4, 0.5) is 0 Å². The summed E-state index contributed by atoms with van der Waals surface area (Å²) in [4.78, 5) is 12.0. The second-order valence-electron chi connectivity index (χ2n) is 7.32. The Balaban J connectivity index is 1.81. The molecule has 4 aromatic rings. The monoisotopic (exact) mass is 462 g/mol. The van der Waals surface area contributed by atoms with Gasteiger partial charge >= 0.3 is 5.97 Å². The van der Waals surface area contributed by atoms with E-state index in [9.17, 15) is 4.79 Å². The molecule has 1 heterocycles. The van der Waals surface area contributed by atoms with Crippen LogP contribution >= 0.6 is 11.6 Å². The van der Waals surface area contributed by atoms with Crippen molar-refractivity contribution in [2.75, 3.05) is 21.3 Å². The number of carbonyl (C=O) groups excluding carboxylic acids is 1. The first kappa shape index (κ1) is 22.4. The maximum Gasteiger partial charge on any atom is 0.337 e. The zero-order valence-corrected chi connectivity index (χ0v) is 19.3. The molecule has 0 aliphatic heterocycles. The van der Waals surface area contributed by atoms with E-state index in [0.717, 1.165) is 33.9 Å². The van der Waals surface area contributed by atoms with E-state index in [2.05, 4.69) is 0 Å². The molecule has 0 fully saturated rings. The van der Waals surface area contributed by atoms with Crippen molar-refractivity contribution in [2.24, 2.45) is 0 Å². The topological polar surface area (TPSA) is 62.6 Å². The first-order chi connectivity index (χ1) is 16.0. The van der Waals surface area contributed by atoms with Crippen LogP contribution in [0.25, 0.3) is 22.5 Å². The number of esters is 1. The highest BCUT2D eigenvalue weighted by Gasteiger charge is 2.20. The molecule has 0 saturated carbocycles. The summed E-state index contributed by atoms with van der Waals surface area (Å²) < 4.78 is 17.3. The number of benzene rings is 3. The number of halogens is 1. The second kappa shape index (κ2) is 9.79. The van der Waals surface area contributed by atoms with Gasteiger partial charge in [0.25, 0.3) is 0 Å². The van der Waals surface area contributed by atoms with Crippen molar-refractivity contribution >= 4 is 17.6 Å². The van der Waals surface area contributed by atoms with Crippen LogP contribution in [-0.2, 0) is 11.3 Å². The van der Waals surface area contributed by atoms with Crippen LogP contribution in [0.3, 0.4) is 0 Å². The fraction of sp³-hybridized carbons (Fsp3) is 0.154. The third-order valence-corrected chi connectivity index (χ3v) is 5.66. The second-order valence-corrected chi connectivity index (χ2v) is 7.70. The Labute approximate surface area is 197 Å². The molecule has 0 aliphatic carbocycles. The summed E-state index contributed by atoms with van der Waals surface area (Å²) in [5.41, 5.74) is 4.58. The average molecular weight is 463 g/mol. The van der Waals surface area contributed by atoms with E-state index >= 15 is 0 Å². The lowest BCUT2D eigenvalue weighted by atomic mass is 10.1. The molecule has 33 heavy (non-hydrogen) atoms. The molecule has 7 heteroatoms. The van der Waals surface area contributed by atoms with Gasteiger partial charge in [-0.2, -0.15) is 5.10 Å². The summed E-state index contributed by atoms with van der Waals surface area (Å²) in [5, 5.41) is 5.38. The Morgan fingerprint density at radius 1 is 0.879 bits per heavy atom. The molecule has 168 valence electrons. The minimum Gasteiger partial charge on any atom is -0.497 e. The van der Waals surface area contributed by atoms with Crippen LogP contribution in [0.1, 0.15) is 15.9 Å². The minimum absolute atomic E-state index is 0.385. The number of hydrogen-bond acceptors (Lipinski definition) is 5. The molecular weight excluding hydrogens is 440 g/mol. The zero-order valence-electron chi connectivity index (χ0n) is 18.5. The summed E-state index contributed by atoms with van der Waals surface area (Å²) in [6.45, 7) is 0.419. The van der Waals surface area contributed by atoms with Crippen molar-refractivity contribution in [1.82, 2.24) is 9.78 Å². The predicted octanol–water partition coefficient (Wildman–Crippen LogP) is 5.72. The predicted molar refractivity (Wildman–Crippen MR) is 128 cm³/mol. The summed E-state index contributed by atoms with van der Waals surface area (Å²) in [6.07, 6.45) is 0.